The van der Waals surface area contributed by atoms with Gasteiger partial charge in [0.1, 0.15) is 23.8 Å². The van der Waals surface area contributed by atoms with Gasteiger partial charge in [-0.05, 0) is 30.7 Å². The highest BCUT2D eigenvalue weighted by atomic mass is 35.5. The Morgan fingerprint density at radius 1 is 1.29 bits per heavy atom. The zero-order valence-electron chi connectivity index (χ0n) is 19.7. The molecule has 15 nitrogen and oxygen atoms in total. The second-order valence-corrected chi connectivity index (χ2v) is 9.64. The van der Waals surface area contributed by atoms with E-state index in [2.05, 4.69) is 35.6 Å². The maximum Gasteiger partial charge on any atom is 0.357 e. The number of carbonyl (C=O) groups excluding carboxylic acids is 1. The third-order valence-electron chi connectivity index (χ3n) is 5.67. The highest BCUT2D eigenvalue weighted by molar-refractivity contribution is 8.00. The lowest BCUT2D eigenvalue weighted by Crippen LogP contribution is -2.42. The van der Waals surface area contributed by atoms with Crippen molar-refractivity contribution in [3.8, 4) is 0 Å². The second-order valence-electron chi connectivity index (χ2n) is 8.05. The van der Waals surface area contributed by atoms with Gasteiger partial charge < -0.3 is 30.2 Å². The number of hydrogen-bond donors (Lipinski definition) is 4. The van der Waals surface area contributed by atoms with Crippen LogP contribution in [0, 0.1) is 0 Å². The first kappa shape index (κ1) is 26.2. The van der Waals surface area contributed by atoms with E-state index in [1.807, 2.05) is 6.07 Å². The SMILES string of the molecule is CCOC(=O)C(OC[C@H]1O[C@@H](n2cnc3c(N)nc(Cl)nc32)[C@H](O)[C@@H]1O)(Sc1ccccc1)c1nn[nH]n1. The number of aromatic nitrogens is 8. The number of carbonyl (C=O) groups is 1. The number of nitrogens with one attached hydrogen (secondary N) is 1. The quantitative estimate of drug-likeness (QED) is 0.0941. The summed E-state index contributed by atoms with van der Waals surface area (Å²) in [4.78, 5) is 24.2. The van der Waals surface area contributed by atoms with E-state index in [1.54, 1.807) is 31.2 Å². The molecule has 0 spiro atoms. The molecule has 1 aliphatic rings. The molecule has 4 aromatic rings. The Balaban J connectivity index is 1.44. The highest BCUT2D eigenvalue weighted by Gasteiger charge is 2.52. The zero-order chi connectivity index (χ0) is 26.9. The molecule has 5 N–H and O–H groups in total. The molecule has 1 saturated heterocycles. The van der Waals surface area contributed by atoms with Crippen molar-refractivity contribution in [2.24, 2.45) is 0 Å². The number of nitrogens with zero attached hydrogens (tertiary/aromatic N) is 7. The number of aliphatic hydroxyl groups is 2. The van der Waals surface area contributed by atoms with E-state index in [4.69, 9.17) is 31.5 Å². The van der Waals surface area contributed by atoms with Crippen LogP contribution in [0.4, 0.5) is 5.82 Å². The lowest BCUT2D eigenvalue weighted by atomic mass is 10.1. The standard InChI is InChI=1S/C21H22ClN9O6S/c1-2-35-19(34)21(18-27-29-30-28-18,38-10-6-4-3-5-7-10)36-8-11-13(32)14(33)17(37-11)31-9-24-12-15(23)25-20(22)26-16(12)31/h3-7,9,11,13-14,17,32-33H,2,8H2,1H3,(H2,23,25,26)(H,27,28,29,30)/t11-,13-,14-,17-,21?/m1/s1. The van der Waals surface area contributed by atoms with Crippen molar-refractivity contribution in [2.45, 2.75) is 41.3 Å². The smallest absolute Gasteiger partial charge is 0.357 e. The zero-order valence-corrected chi connectivity index (χ0v) is 21.3. The summed E-state index contributed by atoms with van der Waals surface area (Å²) < 4.78 is 18.7. The van der Waals surface area contributed by atoms with Gasteiger partial charge in [-0.2, -0.15) is 15.2 Å². The Labute approximate surface area is 223 Å². The minimum atomic E-state index is -1.91. The summed E-state index contributed by atoms with van der Waals surface area (Å²) in [5.74, 6) is -0.844. The average molecular weight is 564 g/mol. The van der Waals surface area contributed by atoms with E-state index in [-0.39, 0.29) is 41.3 Å². The average Bonchev–Trinajstić information content (AvgIpc) is 3.64. The van der Waals surface area contributed by atoms with Crippen molar-refractivity contribution in [3.63, 3.8) is 0 Å². The molecule has 200 valence electrons. The van der Waals surface area contributed by atoms with Gasteiger partial charge in [0.05, 0.1) is 19.5 Å². The van der Waals surface area contributed by atoms with Crippen LogP contribution < -0.4 is 5.73 Å². The van der Waals surface area contributed by atoms with Crippen LogP contribution in [-0.4, -0.2) is 87.9 Å². The molecule has 4 heterocycles. The number of H-pyrrole nitrogens is 1. The Morgan fingerprint density at radius 3 is 2.79 bits per heavy atom. The summed E-state index contributed by atoms with van der Waals surface area (Å²) >= 11 is 6.93. The molecule has 0 saturated carbocycles. The molecule has 3 aromatic heterocycles. The van der Waals surface area contributed by atoms with Crippen molar-refractivity contribution in [3.05, 3.63) is 47.8 Å². The van der Waals surface area contributed by atoms with Gasteiger partial charge >= 0.3 is 5.97 Å². The summed E-state index contributed by atoms with van der Waals surface area (Å²) in [6.07, 6.45) is -3.72. The summed E-state index contributed by atoms with van der Waals surface area (Å²) in [5, 5.41) is 35.4. The normalized spacial score (nSPS) is 22.9. The van der Waals surface area contributed by atoms with Crippen molar-refractivity contribution in [2.75, 3.05) is 18.9 Å². The molecule has 1 fully saturated rings. The maximum atomic E-state index is 13.3. The number of ether oxygens (including phenoxy) is 3. The molecule has 17 heteroatoms. The van der Waals surface area contributed by atoms with Gasteiger partial charge in [0.25, 0.3) is 4.93 Å². The fraction of sp³-hybridized carbons (Fsp3) is 0.381. The number of tetrazole rings is 1. The Morgan fingerprint density at radius 2 is 2.08 bits per heavy atom. The lowest BCUT2D eigenvalue weighted by molar-refractivity contribution is -0.167. The monoisotopic (exact) mass is 563 g/mol. The number of hydrogen-bond acceptors (Lipinski definition) is 14. The third-order valence-corrected chi connectivity index (χ3v) is 7.10. The van der Waals surface area contributed by atoms with Crippen LogP contribution in [-0.2, 0) is 23.9 Å². The largest absolute Gasteiger partial charge is 0.463 e. The molecule has 0 bridgehead atoms. The predicted molar refractivity (Wildman–Crippen MR) is 131 cm³/mol. The number of nitrogen functional groups attached to an aromatic ring is 1. The topological polar surface area (TPSA) is 209 Å². The van der Waals surface area contributed by atoms with Crippen LogP contribution >= 0.6 is 23.4 Å². The van der Waals surface area contributed by atoms with Crippen LogP contribution in [0.5, 0.6) is 0 Å². The molecule has 5 rings (SSSR count). The van der Waals surface area contributed by atoms with E-state index >= 15 is 0 Å². The number of fused-ring (bicyclic) bond motifs is 1. The van der Waals surface area contributed by atoms with Crippen molar-refractivity contribution >= 4 is 46.3 Å². The molecular weight excluding hydrogens is 542 g/mol. The van der Waals surface area contributed by atoms with Crippen LogP contribution in [0.15, 0.2) is 41.6 Å². The molecule has 0 amide bonds. The van der Waals surface area contributed by atoms with E-state index in [0.29, 0.717) is 4.90 Å². The van der Waals surface area contributed by atoms with Crippen molar-refractivity contribution in [1.82, 2.24) is 40.1 Å². The van der Waals surface area contributed by atoms with Crippen molar-refractivity contribution in [1.29, 1.82) is 0 Å². The van der Waals surface area contributed by atoms with E-state index in [1.165, 1.54) is 10.9 Å². The molecular formula is C21H22ClN9O6S. The summed E-state index contributed by atoms with van der Waals surface area (Å²) in [6, 6.07) is 8.94. The van der Waals surface area contributed by atoms with Crippen LogP contribution in [0.3, 0.4) is 0 Å². The molecule has 1 unspecified atom stereocenters. The predicted octanol–water partition coefficient (Wildman–Crippen LogP) is 0.419. The van der Waals surface area contributed by atoms with Crippen LogP contribution in [0.1, 0.15) is 19.0 Å². The number of aromatic amines is 1. The first-order chi connectivity index (χ1) is 18.3. The minimum Gasteiger partial charge on any atom is -0.463 e. The number of aliphatic hydroxyl groups excluding tert-OH is 2. The highest BCUT2D eigenvalue weighted by Crippen LogP contribution is 2.43. The number of imidazole rings is 1. The second kappa shape index (κ2) is 10.8. The molecule has 0 radical (unpaired) electrons. The Kier molecular flexibility index (Phi) is 7.42. The van der Waals surface area contributed by atoms with Crippen LogP contribution in [0.25, 0.3) is 11.2 Å². The lowest BCUT2D eigenvalue weighted by Gasteiger charge is -2.29. The van der Waals surface area contributed by atoms with Gasteiger partial charge in [0.15, 0.2) is 17.7 Å². The number of anilines is 1. The van der Waals surface area contributed by atoms with Gasteiger partial charge in [-0.15, -0.1) is 10.2 Å². The summed E-state index contributed by atoms with van der Waals surface area (Å²) in [6.45, 7) is 1.34. The fourth-order valence-electron chi connectivity index (χ4n) is 3.91. The third kappa shape index (κ3) is 4.77. The van der Waals surface area contributed by atoms with Crippen LogP contribution in [0.2, 0.25) is 5.28 Å². The van der Waals surface area contributed by atoms with Crippen molar-refractivity contribution < 1.29 is 29.2 Å². The molecule has 1 aliphatic heterocycles. The molecule has 5 atom stereocenters. The van der Waals surface area contributed by atoms with E-state index in [9.17, 15) is 15.0 Å². The van der Waals surface area contributed by atoms with Gasteiger partial charge in [-0.3, -0.25) is 4.57 Å². The van der Waals surface area contributed by atoms with Gasteiger partial charge in [-0.25, -0.2) is 9.78 Å². The molecule has 0 aliphatic carbocycles. The summed E-state index contributed by atoms with van der Waals surface area (Å²) in [5.41, 5.74) is 6.32. The van der Waals surface area contributed by atoms with Gasteiger partial charge in [-0.1, -0.05) is 35.2 Å². The first-order valence-corrected chi connectivity index (χ1v) is 12.5. The number of benzene rings is 1. The Hall–Kier alpha value is -3.41. The summed E-state index contributed by atoms with van der Waals surface area (Å²) in [7, 11) is 0. The maximum absolute atomic E-state index is 13.3. The molecule has 1 aromatic carbocycles. The fourth-order valence-corrected chi connectivity index (χ4v) is 5.15. The molecule has 38 heavy (non-hydrogen) atoms. The number of halogens is 1. The number of rotatable bonds is 9. The van der Waals surface area contributed by atoms with Gasteiger partial charge in [0, 0.05) is 4.90 Å². The van der Waals surface area contributed by atoms with Gasteiger partial charge in [0.2, 0.25) is 11.1 Å². The number of thioether (sulfide) groups is 1. The minimum absolute atomic E-state index is 0.0453. The van der Waals surface area contributed by atoms with E-state index < -0.39 is 35.4 Å². The Bertz CT molecular complexity index is 1410. The number of nitrogens with two attached hydrogens (primary N) is 1. The van der Waals surface area contributed by atoms with E-state index in [0.717, 1.165) is 11.8 Å². The first-order valence-electron chi connectivity index (χ1n) is 11.3. The number of esters is 1.